The van der Waals surface area contributed by atoms with Gasteiger partial charge in [0.2, 0.25) is 5.91 Å². The number of para-hydroxylation sites is 1. The second kappa shape index (κ2) is 9.69. The van der Waals surface area contributed by atoms with Gasteiger partial charge in [-0.2, -0.15) is 0 Å². The molecule has 0 unspecified atom stereocenters. The Hall–Kier alpha value is -2.96. The van der Waals surface area contributed by atoms with Crippen molar-refractivity contribution in [3.05, 3.63) is 88.1 Å². The minimum Gasteiger partial charge on any atom is -0.335 e. The maximum atomic E-state index is 12.7. The van der Waals surface area contributed by atoms with Crippen molar-refractivity contribution < 1.29 is 9.59 Å². The Morgan fingerprint density at radius 1 is 0.867 bits per heavy atom. The van der Waals surface area contributed by atoms with Crippen LogP contribution < -0.4 is 5.32 Å². The molecule has 0 aliphatic carbocycles. The van der Waals surface area contributed by atoms with Crippen molar-refractivity contribution in [1.82, 2.24) is 9.80 Å². The van der Waals surface area contributed by atoms with E-state index in [1.165, 1.54) is 16.9 Å². The summed E-state index contributed by atoms with van der Waals surface area (Å²) in [5.41, 5.74) is 3.17. The van der Waals surface area contributed by atoms with Crippen LogP contribution in [0.5, 0.6) is 0 Å². The Balaban J connectivity index is 1.30. The van der Waals surface area contributed by atoms with Crippen LogP contribution in [0.25, 0.3) is 0 Å². The Morgan fingerprint density at radius 3 is 2.33 bits per heavy atom. The third-order valence-electron chi connectivity index (χ3n) is 5.29. The number of nitrogens with zero attached hydrogens (tertiary/aromatic N) is 2. The summed E-state index contributed by atoms with van der Waals surface area (Å²) in [6, 6.07) is 21.9. The second-order valence-corrected chi connectivity index (χ2v) is 8.36. The van der Waals surface area contributed by atoms with E-state index in [9.17, 15) is 9.59 Å². The van der Waals surface area contributed by atoms with Gasteiger partial charge in [-0.15, -0.1) is 11.3 Å². The van der Waals surface area contributed by atoms with Crippen LogP contribution in [0.3, 0.4) is 0 Å². The average Bonchev–Trinajstić information content (AvgIpc) is 3.31. The fraction of sp³-hybridized carbons (Fsp3) is 0.250. The monoisotopic (exact) mass is 419 g/mol. The molecule has 6 heteroatoms. The zero-order valence-corrected chi connectivity index (χ0v) is 17.6. The Morgan fingerprint density at radius 2 is 1.60 bits per heavy atom. The van der Waals surface area contributed by atoms with Gasteiger partial charge in [0.25, 0.3) is 5.91 Å². The molecule has 1 aliphatic rings. The molecule has 1 fully saturated rings. The van der Waals surface area contributed by atoms with E-state index < -0.39 is 0 Å². The highest BCUT2D eigenvalue weighted by Gasteiger charge is 2.23. The number of rotatable bonds is 6. The largest absolute Gasteiger partial charge is 0.335 e. The van der Waals surface area contributed by atoms with Gasteiger partial charge in [0, 0.05) is 31.9 Å². The summed E-state index contributed by atoms with van der Waals surface area (Å²) in [7, 11) is 0. The smallest absolute Gasteiger partial charge is 0.264 e. The first-order valence-corrected chi connectivity index (χ1v) is 11.0. The van der Waals surface area contributed by atoms with Gasteiger partial charge < -0.3 is 10.2 Å². The number of benzene rings is 2. The normalized spacial score (nSPS) is 14.5. The zero-order valence-electron chi connectivity index (χ0n) is 16.8. The van der Waals surface area contributed by atoms with Crippen molar-refractivity contribution in [2.45, 2.75) is 6.42 Å². The van der Waals surface area contributed by atoms with E-state index in [0.717, 1.165) is 22.5 Å². The molecule has 2 heterocycles. The highest BCUT2D eigenvalue weighted by molar-refractivity contribution is 7.12. The van der Waals surface area contributed by atoms with Gasteiger partial charge in [-0.3, -0.25) is 14.5 Å². The number of carbonyl (C=O) groups excluding carboxylic acids is 2. The predicted molar refractivity (Wildman–Crippen MR) is 121 cm³/mol. The molecular weight excluding hydrogens is 394 g/mol. The van der Waals surface area contributed by atoms with Gasteiger partial charge in [-0.05, 0) is 35.1 Å². The van der Waals surface area contributed by atoms with Crippen LogP contribution in [0.1, 0.15) is 20.8 Å². The third-order valence-corrected chi connectivity index (χ3v) is 6.15. The molecular formula is C24H25N3O2S. The molecule has 0 spiro atoms. The number of anilines is 1. The van der Waals surface area contributed by atoms with Crippen LogP contribution in [0.2, 0.25) is 0 Å². The van der Waals surface area contributed by atoms with E-state index in [-0.39, 0.29) is 11.8 Å². The molecule has 154 valence electrons. The number of hydrogen-bond acceptors (Lipinski definition) is 4. The van der Waals surface area contributed by atoms with Gasteiger partial charge in [-0.25, -0.2) is 0 Å². The molecule has 1 aromatic heterocycles. The standard InChI is InChI=1S/C24H25N3O2S/c28-23(18-26-12-14-27(15-13-26)24(29)22-11-6-16-30-22)25-21-10-5-4-9-20(21)17-19-7-2-1-3-8-19/h1-11,16H,12-15,17-18H2,(H,25,28). The summed E-state index contributed by atoms with van der Waals surface area (Å²) < 4.78 is 0. The third kappa shape index (κ3) is 5.14. The van der Waals surface area contributed by atoms with Crippen molar-refractivity contribution in [2.24, 2.45) is 0 Å². The highest BCUT2D eigenvalue weighted by Crippen LogP contribution is 2.19. The van der Waals surface area contributed by atoms with E-state index >= 15 is 0 Å². The van der Waals surface area contributed by atoms with E-state index in [1.807, 2.05) is 58.8 Å². The first-order valence-electron chi connectivity index (χ1n) is 10.2. The Kier molecular flexibility index (Phi) is 6.57. The van der Waals surface area contributed by atoms with Crippen LogP contribution in [0, 0.1) is 0 Å². The van der Waals surface area contributed by atoms with Crippen LogP contribution in [0.15, 0.2) is 72.1 Å². The molecule has 1 aliphatic heterocycles. The van der Waals surface area contributed by atoms with Crippen molar-refractivity contribution in [3.8, 4) is 0 Å². The molecule has 2 amide bonds. The van der Waals surface area contributed by atoms with Crippen LogP contribution in [-0.2, 0) is 11.2 Å². The van der Waals surface area contributed by atoms with Gasteiger partial charge in [0.05, 0.1) is 11.4 Å². The minimum atomic E-state index is -0.0199. The first kappa shape index (κ1) is 20.3. The Labute approximate surface area is 180 Å². The Bertz CT molecular complexity index is 981. The topological polar surface area (TPSA) is 52.7 Å². The maximum Gasteiger partial charge on any atom is 0.264 e. The SMILES string of the molecule is O=C(CN1CCN(C(=O)c2cccs2)CC1)Nc1ccccc1Cc1ccccc1. The fourth-order valence-electron chi connectivity index (χ4n) is 3.67. The van der Waals surface area contributed by atoms with E-state index in [1.54, 1.807) is 0 Å². The zero-order chi connectivity index (χ0) is 20.8. The number of carbonyl (C=O) groups is 2. The number of amides is 2. The molecule has 4 rings (SSSR count). The lowest BCUT2D eigenvalue weighted by Gasteiger charge is -2.34. The summed E-state index contributed by atoms with van der Waals surface area (Å²) in [6.45, 7) is 3.04. The highest BCUT2D eigenvalue weighted by atomic mass is 32.1. The molecule has 2 aromatic carbocycles. The summed E-state index contributed by atoms with van der Waals surface area (Å²) in [6.07, 6.45) is 0.779. The molecule has 0 saturated carbocycles. The minimum absolute atomic E-state index is 0.0199. The van der Waals surface area contributed by atoms with Gasteiger partial charge in [-0.1, -0.05) is 54.6 Å². The first-order chi connectivity index (χ1) is 14.7. The lowest BCUT2D eigenvalue weighted by atomic mass is 10.0. The lowest BCUT2D eigenvalue weighted by Crippen LogP contribution is -2.50. The molecule has 5 nitrogen and oxygen atoms in total. The fourth-order valence-corrected chi connectivity index (χ4v) is 4.36. The molecule has 1 N–H and O–H groups in total. The molecule has 1 saturated heterocycles. The maximum absolute atomic E-state index is 12.7. The molecule has 3 aromatic rings. The number of piperazine rings is 1. The van der Waals surface area contributed by atoms with Crippen LogP contribution in [-0.4, -0.2) is 54.3 Å². The molecule has 0 bridgehead atoms. The van der Waals surface area contributed by atoms with Gasteiger partial charge in [0.1, 0.15) is 0 Å². The van der Waals surface area contributed by atoms with E-state index in [2.05, 4.69) is 28.4 Å². The van der Waals surface area contributed by atoms with Crippen molar-refractivity contribution in [1.29, 1.82) is 0 Å². The summed E-state index contributed by atoms with van der Waals surface area (Å²) >= 11 is 1.47. The number of nitrogens with one attached hydrogen (secondary N) is 1. The molecule has 0 atom stereocenters. The van der Waals surface area contributed by atoms with Gasteiger partial charge in [0.15, 0.2) is 0 Å². The van der Waals surface area contributed by atoms with Crippen LogP contribution in [0.4, 0.5) is 5.69 Å². The van der Waals surface area contributed by atoms with Gasteiger partial charge >= 0.3 is 0 Å². The van der Waals surface area contributed by atoms with Crippen molar-refractivity contribution >= 4 is 28.8 Å². The van der Waals surface area contributed by atoms with Crippen LogP contribution >= 0.6 is 11.3 Å². The predicted octanol–water partition coefficient (Wildman–Crippen LogP) is 3.74. The molecule has 0 radical (unpaired) electrons. The summed E-state index contributed by atoms with van der Waals surface area (Å²) in [4.78, 5) is 29.9. The summed E-state index contributed by atoms with van der Waals surface area (Å²) in [5.74, 6) is 0.0671. The van der Waals surface area contributed by atoms with Crippen molar-refractivity contribution in [2.75, 3.05) is 38.0 Å². The van der Waals surface area contributed by atoms with E-state index in [4.69, 9.17) is 0 Å². The summed E-state index contributed by atoms with van der Waals surface area (Å²) in [5, 5.41) is 5.00. The quantitative estimate of drug-likeness (QED) is 0.662. The number of hydrogen-bond donors (Lipinski definition) is 1. The van der Waals surface area contributed by atoms with Crippen molar-refractivity contribution in [3.63, 3.8) is 0 Å². The second-order valence-electron chi connectivity index (χ2n) is 7.41. The lowest BCUT2D eigenvalue weighted by molar-refractivity contribution is -0.117. The molecule has 30 heavy (non-hydrogen) atoms. The number of thiophene rings is 1. The average molecular weight is 420 g/mol. The van der Waals surface area contributed by atoms with E-state index in [0.29, 0.717) is 32.7 Å².